The van der Waals surface area contributed by atoms with Gasteiger partial charge >= 0.3 is 6.97 Å². The van der Waals surface area contributed by atoms with Gasteiger partial charge in [-0.3, -0.25) is 0 Å². The number of rotatable bonds is 3. The quantitative estimate of drug-likeness (QED) is 0.431. The van der Waals surface area contributed by atoms with Crippen LogP contribution in [0.1, 0.15) is 62.2 Å². The van der Waals surface area contributed by atoms with E-state index in [1.54, 1.807) is 26.0 Å². The smallest absolute Gasteiger partial charge is 0.393 e. The van der Waals surface area contributed by atoms with E-state index in [2.05, 4.69) is 15.9 Å². The number of aromatic nitrogens is 1. The molecular weight excluding hydrogens is 452 g/mol. The number of allylic oxidation sites excluding steroid dienone is 2. The van der Waals surface area contributed by atoms with Crippen LogP contribution in [-0.2, 0) is 6.42 Å². The van der Waals surface area contributed by atoms with E-state index in [9.17, 15) is 0 Å². The molecule has 0 radical (unpaired) electrons. The van der Waals surface area contributed by atoms with E-state index >= 15 is 13.0 Å². The number of fused-ring (bicyclic) bond motifs is 2. The molecule has 0 saturated heterocycles. The first-order chi connectivity index (χ1) is 14.1. The molecule has 0 unspecified atom stereocenters. The van der Waals surface area contributed by atoms with E-state index in [1.807, 2.05) is 27.7 Å². The lowest BCUT2D eigenvalue weighted by molar-refractivity contribution is -0.363. The molecule has 30 heavy (non-hydrogen) atoms. The zero-order valence-electron chi connectivity index (χ0n) is 18.1. The van der Waals surface area contributed by atoms with Crippen LogP contribution in [0.4, 0.5) is 13.0 Å². The zero-order valence-corrected chi connectivity index (χ0v) is 19.7. The molecule has 0 bridgehead atoms. The van der Waals surface area contributed by atoms with Crippen LogP contribution in [0.5, 0.6) is 0 Å². The number of nitrogens with zero attached hydrogens (tertiary/aromatic N) is 2. The second-order valence-electron chi connectivity index (χ2n) is 8.11. The summed E-state index contributed by atoms with van der Waals surface area (Å²) in [4.78, 5) is 0. The van der Waals surface area contributed by atoms with Crippen LogP contribution in [0.2, 0.25) is 0 Å². The SMILES string of the molecule is CCC1=C(C)C2=C(c3cc(Br)ccc3F)c3c(C)c(CC)c(C)n3[B-](F)(F)[N+]2=C1C. The van der Waals surface area contributed by atoms with Crippen LogP contribution in [0.15, 0.2) is 39.5 Å². The van der Waals surface area contributed by atoms with Crippen molar-refractivity contribution in [2.24, 2.45) is 0 Å². The molecule has 4 rings (SSSR count). The molecule has 158 valence electrons. The lowest BCUT2D eigenvalue weighted by atomic mass is 9.83. The molecule has 0 amide bonds. The molecule has 3 heterocycles. The fourth-order valence-corrected chi connectivity index (χ4v) is 5.78. The van der Waals surface area contributed by atoms with Gasteiger partial charge in [0.2, 0.25) is 0 Å². The molecule has 0 spiro atoms. The van der Waals surface area contributed by atoms with Crippen molar-refractivity contribution in [2.45, 2.75) is 54.4 Å². The van der Waals surface area contributed by atoms with Crippen LogP contribution >= 0.6 is 15.9 Å². The predicted molar refractivity (Wildman–Crippen MR) is 121 cm³/mol. The maximum Gasteiger partial charge on any atom is 0.737 e. The number of hydrogen-bond acceptors (Lipinski definition) is 0. The standard InChI is InChI=1S/C23H25BBrF3N2/c1-7-17-12(3)22-21(19-11-16(25)9-10-20(19)26)23-13(4)18(8-2)15(6)30(23)24(27,28)29(22)14(17)5/h9-11H,7-8H2,1-6H3. The Morgan fingerprint density at radius 1 is 1.07 bits per heavy atom. The molecule has 2 aliphatic rings. The van der Waals surface area contributed by atoms with Crippen molar-refractivity contribution in [2.75, 3.05) is 0 Å². The highest BCUT2D eigenvalue weighted by molar-refractivity contribution is 9.10. The third kappa shape index (κ3) is 2.60. The van der Waals surface area contributed by atoms with Gasteiger partial charge in [0.15, 0.2) is 5.70 Å². The minimum absolute atomic E-state index is 0.338. The highest BCUT2D eigenvalue weighted by atomic mass is 79.9. The average Bonchev–Trinajstić information content (AvgIpc) is 3.09. The molecule has 1 aromatic carbocycles. The zero-order chi connectivity index (χ0) is 22.1. The summed E-state index contributed by atoms with van der Waals surface area (Å²) >= 11 is 3.43. The molecule has 0 N–H and O–H groups in total. The summed E-state index contributed by atoms with van der Waals surface area (Å²) in [5.74, 6) is -0.420. The summed E-state index contributed by atoms with van der Waals surface area (Å²) in [5.41, 5.74) is 6.25. The van der Waals surface area contributed by atoms with Crippen molar-refractivity contribution in [3.05, 3.63) is 73.4 Å². The summed E-state index contributed by atoms with van der Waals surface area (Å²) in [6.07, 6.45) is 1.29. The first kappa shape index (κ1) is 21.2. The monoisotopic (exact) mass is 476 g/mol. The van der Waals surface area contributed by atoms with Gasteiger partial charge in [-0.15, -0.1) is 0 Å². The topological polar surface area (TPSA) is 7.94 Å². The average molecular weight is 477 g/mol. The van der Waals surface area contributed by atoms with Gasteiger partial charge in [-0.05, 0) is 68.6 Å². The fourth-order valence-electron chi connectivity index (χ4n) is 5.42. The summed E-state index contributed by atoms with van der Waals surface area (Å²) in [6.45, 7) is 7.09. The third-order valence-corrected chi connectivity index (χ3v) is 7.19. The largest absolute Gasteiger partial charge is 0.737 e. The Morgan fingerprint density at radius 3 is 2.33 bits per heavy atom. The second kappa shape index (κ2) is 7.01. The van der Waals surface area contributed by atoms with E-state index in [4.69, 9.17) is 0 Å². The van der Waals surface area contributed by atoms with Gasteiger partial charge in [0.05, 0.1) is 5.57 Å². The molecule has 1 aromatic heterocycles. The van der Waals surface area contributed by atoms with Crippen molar-refractivity contribution in [1.29, 1.82) is 0 Å². The normalized spacial score (nSPS) is 17.8. The first-order valence-electron chi connectivity index (χ1n) is 10.3. The van der Waals surface area contributed by atoms with E-state index < -0.39 is 12.8 Å². The maximum absolute atomic E-state index is 16.1. The van der Waals surface area contributed by atoms with Gasteiger partial charge in [0.25, 0.3) is 0 Å². The van der Waals surface area contributed by atoms with Crippen LogP contribution < -0.4 is 0 Å². The van der Waals surface area contributed by atoms with Crippen LogP contribution in [0, 0.1) is 19.7 Å². The lowest BCUT2D eigenvalue weighted by Gasteiger charge is -2.34. The highest BCUT2D eigenvalue weighted by Gasteiger charge is 2.56. The summed E-state index contributed by atoms with van der Waals surface area (Å²) in [6, 6.07) is 4.71. The van der Waals surface area contributed by atoms with Gasteiger partial charge < -0.3 is 17.6 Å². The number of halogens is 4. The van der Waals surface area contributed by atoms with E-state index in [-0.39, 0.29) is 0 Å². The van der Waals surface area contributed by atoms with Gasteiger partial charge in [-0.2, -0.15) is 0 Å². The van der Waals surface area contributed by atoms with Crippen molar-refractivity contribution in [1.82, 2.24) is 4.48 Å². The molecule has 0 fully saturated rings. The highest BCUT2D eigenvalue weighted by Crippen LogP contribution is 2.47. The van der Waals surface area contributed by atoms with Crippen LogP contribution in [-0.4, -0.2) is 21.6 Å². The molecule has 2 nitrogen and oxygen atoms in total. The molecule has 2 aliphatic heterocycles. The van der Waals surface area contributed by atoms with Crippen molar-refractivity contribution in [3.8, 4) is 0 Å². The van der Waals surface area contributed by atoms with Crippen molar-refractivity contribution in [3.63, 3.8) is 0 Å². The minimum Gasteiger partial charge on any atom is -0.393 e. The molecule has 0 atom stereocenters. The number of benzene rings is 1. The Balaban J connectivity index is 2.27. The second-order valence-corrected chi connectivity index (χ2v) is 9.03. The Morgan fingerprint density at radius 2 is 1.73 bits per heavy atom. The van der Waals surface area contributed by atoms with E-state index in [1.165, 1.54) is 15.0 Å². The van der Waals surface area contributed by atoms with Crippen molar-refractivity contribution < 1.29 is 17.5 Å². The first-order valence-corrected chi connectivity index (χ1v) is 11.1. The Kier molecular flexibility index (Phi) is 4.96. The number of hydrogen-bond donors (Lipinski definition) is 0. The minimum atomic E-state index is -4.10. The molecule has 2 aromatic rings. The van der Waals surface area contributed by atoms with Gasteiger partial charge in [0.1, 0.15) is 11.5 Å². The molecule has 0 saturated carbocycles. The Hall–Kier alpha value is -2.02. The summed E-state index contributed by atoms with van der Waals surface area (Å²) in [5, 5.41) is 0. The van der Waals surface area contributed by atoms with Crippen LogP contribution in [0.25, 0.3) is 5.57 Å². The summed E-state index contributed by atoms with van der Waals surface area (Å²) in [7, 11) is 0. The van der Waals surface area contributed by atoms with Gasteiger partial charge in [0, 0.05) is 33.8 Å². The summed E-state index contributed by atoms with van der Waals surface area (Å²) < 4.78 is 50.4. The van der Waals surface area contributed by atoms with Gasteiger partial charge in [-0.1, -0.05) is 29.8 Å². The van der Waals surface area contributed by atoms with Crippen LogP contribution in [0.3, 0.4) is 0 Å². The van der Waals surface area contributed by atoms with Crippen molar-refractivity contribution >= 4 is 34.2 Å². The fraction of sp³-hybridized carbons (Fsp3) is 0.348. The molecule has 0 aliphatic carbocycles. The van der Waals surface area contributed by atoms with E-state index in [0.717, 1.165) is 22.3 Å². The maximum atomic E-state index is 16.1. The Labute approximate surface area is 184 Å². The molecule has 7 heteroatoms. The lowest BCUT2D eigenvalue weighted by Crippen LogP contribution is -2.51. The third-order valence-electron chi connectivity index (χ3n) is 6.69. The predicted octanol–water partition coefficient (Wildman–Crippen LogP) is 6.78. The Bertz CT molecular complexity index is 1200. The van der Waals surface area contributed by atoms with Gasteiger partial charge in [-0.25, -0.2) is 4.39 Å². The molecular formula is C23H25BBrF3N2. The van der Waals surface area contributed by atoms with E-state index in [0.29, 0.717) is 51.2 Å².